The molecule has 0 saturated heterocycles. The van der Waals surface area contributed by atoms with Gasteiger partial charge in [-0.1, -0.05) is 0 Å². The molecule has 0 aliphatic heterocycles. The van der Waals surface area contributed by atoms with Crippen molar-refractivity contribution in [2.75, 3.05) is 5.32 Å². The highest BCUT2D eigenvalue weighted by atomic mass is 79.9. The summed E-state index contributed by atoms with van der Waals surface area (Å²) in [6, 6.07) is 8.70. The van der Waals surface area contributed by atoms with E-state index in [0.29, 0.717) is 15.8 Å². The summed E-state index contributed by atoms with van der Waals surface area (Å²) in [6.45, 7) is 1.80. The molecule has 2 nitrogen and oxygen atoms in total. The van der Waals surface area contributed by atoms with E-state index in [2.05, 4.69) is 21.2 Å². The number of aryl methyl sites for hydroxylation is 1. The van der Waals surface area contributed by atoms with Crippen molar-refractivity contribution in [3.05, 3.63) is 57.6 Å². The van der Waals surface area contributed by atoms with Crippen molar-refractivity contribution in [3.8, 4) is 6.07 Å². The Morgan fingerprint density at radius 1 is 1.16 bits per heavy atom. The summed E-state index contributed by atoms with van der Waals surface area (Å²) >= 11 is 3.09. The van der Waals surface area contributed by atoms with Crippen LogP contribution in [0, 0.1) is 29.9 Å². The molecule has 0 bridgehead atoms. The molecule has 5 heteroatoms. The van der Waals surface area contributed by atoms with Crippen molar-refractivity contribution in [2.24, 2.45) is 0 Å². The maximum atomic E-state index is 13.5. The first kappa shape index (κ1) is 13.5. The van der Waals surface area contributed by atoms with Gasteiger partial charge >= 0.3 is 0 Å². The fourth-order valence-corrected chi connectivity index (χ4v) is 2.12. The number of rotatable bonds is 2. The summed E-state index contributed by atoms with van der Waals surface area (Å²) in [4.78, 5) is 0. The van der Waals surface area contributed by atoms with Crippen LogP contribution in [0.15, 0.2) is 34.8 Å². The van der Waals surface area contributed by atoms with E-state index in [1.807, 2.05) is 6.07 Å². The predicted octanol–water partition coefficient (Wildman–Crippen LogP) is 4.65. The number of benzene rings is 2. The van der Waals surface area contributed by atoms with E-state index in [0.717, 1.165) is 11.6 Å². The van der Waals surface area contributed by atoms with Crippen molar-refractivity contribution < 1.29 is 8.78 Å². The van der Waals surface area contributed by atoms with Gasteiger partial charge in [0.1, 0.15) is 11.6 Å². The van der Waals surface area contributed by atoms with Crippen LogP contribution >= 0.6 is 15.9 Å². The quantitative estimate of drug-likeness (QED) is 0.873. The molecule has 0 heterocycles. The molecule has 0 unspecified atom stereocenters. The molecule has 0 aromatic heterocycles. The SMILES string of the molecule is Cc1cc(Br)c(F)cc1Nc1cc(F)cc(C#N)c1. The van der Waals surface area contributed by atoms with Crippen LogP contribution in [0.3, 0.4) is 0 Å². The van der Waals surface area contributed by atoms with Crippen LogP contribution in [-0.2, 0) is 0 Å². The Balaban J connectivity index is 2.39. The Morgan fingerprint density at radius 2 is 1.89 bits per heavy atom. The predicted molar refractivity (Wildman–Crippen MR) is 73.2 cm³/mol. The lowest BCUT2D eigenvalue weighted by atomic mass is 10.1. The van der Waals surface area contributed by atoms with Crippen LogP contribution in [0.5, 0.6) is 0 Å². The second-order valence-electron chi connectivity index (χ2n) is 4.05. The topological polar surface area (TPSA) is 35.8 Å². The van der Waals surface area contributed by atoms with Gasteiger partial charge in [-0.15, -0.1) is 0 Å². The van der Waals surface area contributed by atoms with Gasteiger partial charge in [0.15, 0.2) is 0 Å². The van der Waals surface area contributed by atoms with E-state index < -0.39 is 11.6 Å². The van der Waals surface area contributed by atoms with Crippen molar-refractivity contribution in [1.82, 2.24) is 0 Å². The zero-order valence-electron chi connectivity index (χ0n) is 9.97. The molecule has 0 spiro atoms. The van der Waals surface area contributed by atoms with Crippen molar-refractivity contribution >= 4 is 27.3 Å². The molecule has 0 saturated carbocycles. The third kappa shape index (κ3) is 3.09. The molecule has 0 amide bonds. The average Bonchev–Trinajstić information content (AvgIpc) is 2.35. The zero-order valence-corrected chi connectivity index (χ0v) is 11.6. The number of anilines is 2. The number of nitriles is 1. The van der Waals surface area contributed by atoms with Crippen molar-refractivity contribution in [1.29, 1.82) is 5.26 Å². The van der Waals surface area contributed by atoms with E-state index in [1.54, 1.807) is 13.0 Å². The highest BCUT2D eigenvalue weighted by molar-refractivity contribution is 9.10. The summed E-state index contributed by atoms with van der Waals surface area (Å²) in [5.41, 5.74) is 1.94. The minimum absolute atomic E-state index is 0.206. The first-order chi connectivity index (χ1) is 8.99. The first-order valence-corrected chi connectivity index (χ1v) is 6.22. The largest absolute Gasteiger partial charge is 0.355 e. The number of hydrogen-bond donors (Lipinski definition) is 1. The smallest absolute Gasteiger partial charge is 0.139 e. The van der Waals surface area contributed by atoms with Crippen LogP contribution in [0.2, 0.25) is 0 Å². The van der Waals surface area contributed by atoms with Gasteiger partial charge in [0.2, 0.25) is 0 Å². The Labute approximate surface area is 117 Å². The maximum absolute atomic E-state index is 13.5. The molecule has 0 aliphatic carbocycles. The van der Waals surface area contributed by atoms with Crippen LogP contribution in [0.4, 0.5) is 20.2 Å². The molecule has 0 fully saturated rings. The second-order valence-corrected chi connectivity index (χ2v) is 4.90. The Kier molecular flexibility index (Phi) is 3.82. The summed E-state index contributed by atoms with van der Waals surface area (Å²) in [5.74, 6) is -0.929. The molecule has 2 aromatic rings. The zero-order chi connectivity index (χ0) is 14.0. The molecular weight excluding hydrogens is 314 g/mol. The highest BCUT2D eigenvalue weighted by Crippen LogP contribution is 2.27. The molecule has 1 N–H and O–H groups in total. The minimum atomic E-state index is -0.517. The lowest BCUT2D eigenvalue weighted by Gasteiger charge is -2.11. The molecule has 0 atom stereocenters. The fourth-order valence-electron chi connectivity index (χ4n) is 1.66. The Hall–Kier alpha value is -1.93. The molecule has 0 radical (unpaired) electrons. The third-order valence-corrected chi connectivity index (χ3v) is 3.18. The first-order valence-electron chi connectivity index (χ1n) is 5.43. The van der Waals surface area contributed by atoms with Gasteiger partial charge in [-0.05, 0) is 58.7 Å². The van der Waals surface area contributed by atoms with E-state index in [1.165, 1.54) is 18.2 Å². The normalized spacial score (nSPS) is 10.1. The lowest BCUT2D eigenvalue weighted by molar-refractivity contribution is 0.621. The number of nitrogens with zero attached hydrogens (tertiary/aromatic N) is 1. The summed E-state index contributed by atoms with van der Waals surface area (Å²) in [7, 11) is 0. The van der Waals surface area contributed by atoms with Crippen molar-refractivity contribution in [3.63, 3.8) is 0 Å². The van der Waals surface area contributed by atoms with E-state index in [-0.39, 0.29) is 5.56 Å². The number of hydrogen-bond acceptors (Lipinski definition) is 2. The number of halogens is 3. The Morgan fingerprint density at radius 3 is 2.58 bits per heavy atom. The van der Waals surface area contributed by atoms with Crippen LogP contribution in [0.25, 0.3) is 0 Å². The van der Waals surface area contributed by atoms with Crippen LogP contribution in [0.1, 0.15) is 11.1 Å². The van der Waals surface area contributed by atoms with Gasteiger partial charge in [-0.3, -0.25) is 0 Å². The average molecular weight is 323 g/mol. The van der Waals surface area contributed by atoms with Crippen molar-refractivity contribution in [2.45, 2.75) is 6.92 Å². The van der Waals surface area contributed by atoms with E-state index >= 15 is 0 Å². The summed E-state index contributed by atoms with van der Waals surface area (Å²) < 4.78 is 27.1. The fraction of sp³-hybridized carbons (Fsp3) is 0.0714. The van der Waals surface area contributed by atoms with E-state index in [4.69, 9.17) is 5.26 Å². The van der Waals surface area contributed by atoms with Gasteiger partial charge in [-0.2, -0.15) is 5.26 Å². The second kappa shape index (κ2) is 5.37. The lowest BCUT2D eigenvalue weighted by Crippen LogP contribution is -1.96. The Bertz CT molecular complexity index is 678. The van der Waals surface area contributed by atoms with Gasteiger partial charge in [-0.25, -0.2) is 8.78 Å². The van der Waals surface area contributed by atoms with Crippen LogP contribution < -0.4 is 5.32 Å². The summed E-state index contributed by atoms with van der Waals surface area (Å²) in [5, 5.41) is 11.7. The maximum Gasteiger partial charge on any atom is 0.139 e. The molecule has 19 heavy (non-hydrogen) atoms. The molecular formula is C14H9BrF2N2. The van der Waals surface area contributed by atoms with Gasteiger partial charge < -0.3 is 5.32 Å². The van der Waals surface area contributed by atoms with Crippen LogP contribution in [-0.4, -0.2) is 0 Å². The standard InChI is InChI=1S/C14H9BrF2N2/c1-8-2-12(15)13(17)6-14(8)19-11-4-9(7-18)3-10(16)5-11/h2-6,19H,1H3. The molecule has 2 aromatic carbocycles. The van der Waals surface area contributed by atoms with E-state index in [9.17, 15) is 8.78 Å². The minimum Gasteiger partial charge on any atom is -0.355 e. The van der Waals surface area contributed by atoms with Gasteiger partial charge in [0.25, 0.3) is 0 Å². The molecule has 96 valence electrons. The molecule has 2 rings (SSSR count). The molecule has 0 aliphatic rings. The highest BCUT2D eigenvalue weighted by Gasteiger charge is 2.07. The van der Waals surface area contributed by atoms with Gasteiger partial charge in [0, 0.05) is 11.4 Å². The summed E-state index contributed by atoms with van der Waals surface area (Å²) in [6.07, 6.45) is 0. The number of nitrogens with one attached hydrogen (secondary N) is 1. The monoisotopic (exact) mass is 322 g/mol. The van der Waals surface area contributed by atoms with Gasteiger partial charge in [0.05, 0.1) is 16.1 Å². The third-order valence-electron chi connectivity index (χ3n) is 2.57.